The maximum atomic E-state index is 11.1. The monoisotopic (exact) mass is 252 g/mol. The molecule has 3 nitrogen and oxygen atoms in total. The molecule has 0 aromatic heterocycles. The van der Waals surface area contributed by atoms with Crippen molar-refractivity contribution in [1.82, 2.24) is 0 Å². The second kappa shape index (κ2) is 4.54. The number of rotatable bonds is 3. The summed E-state index contributed by atoms with van der Waals surface area (Å²) in [6.45, 7) is 10.7. The zero-order chi connectivity index (χ0) is 14.2. The average molecular weight is 252 g/mol. The van der Waals surface area contributed by atoms with Gasteiger partial charge in [-0.3, -0.25) is 0 Å². The minimum atomic E-state index is -1.75. The van der Waals surface area contributed by atoms with Crippen molar-refractivity contribution in [3.63, 3.8) is 0 Å². The van der Waals surface area contributed by atoms with E-state index in [-0.39, 0.29) is 17.3 Å². The number of carbonyl (C=O) groups is 1. The molecule has 1 rings (SSSR count). The molecule has 0 heterocycles. The van der Waals surface area contributed by atoms with Crippen molar-refractivity contribution >= 4 is 5.97 Å². The van der Waals surface area contributed by atoms with E-state index in [4.69, 9.17) is 5.11 Å². The SMILES string of the molecule is CC(C)(C)CC(C)(C)C1=CC=CC(O)(C(=O)O)C1. The molecular formula is C15H24O3. The van der Waals surface area contributed by atoms with Crippen LogP contribution in [0, 0.1) is 10.8 Å². The largest absolute Gasteiger partial charge is 0.479 e. The Morgan fingerprint density at radius 1 is 1.33 bits per heavy atom. The summed E-state index contributed by atoms with van der Waals surface area (Å²) >= 11 is 0. The normalized spacial score (nSPS) is 24.9. The van der Waals surface area contributed by atoms with Crippen LogP contribution in [0.4, 0.5) is 0 Å². The molecule has 0 amide bonds. The highest BCUT2D eigenvalue weighted by molar-refractivity contribution is 5.80. The molecule has 1 aliphatic rings. The number of aliphatic hydroxyl groups is 1. The Morgan fingerprint density at radius 2 is 1.89 bits per heavy atom. The molecule has 2 N–H and O–H groups in total. The lowest BCUT2D eigenvalue weighted by atomic mass is 9.68. The fourth-order valence-electron chi connectivity index (χ4n) is 2.78. The number of carboxylic acids is 1. The minimum absolute atomic E-state index is 0.119. The molecule has 0 fully saturated rings. The van der Waals surface area contributed by atoms with Gasteiger partial charge in [0.2, 0.25) is 0 Å². The molecule has 102 valence electrons. The van der Waals surface area contributed by atoms with Crippen molar-refractivity contribution in [2.45, 2.75) is 53.1 Å². The van der Waals surface area contributed by atoms with Crippen LogP contribution in [0.5, 0.6) is 0 Å². The van der Waals surface area contributed by atoms with Gasteiger partial charge in [-0.15, -0.1) is 0 Å². The second-order valence-electron chi connectivity index (χ2n) is 7.08. The van der Waals surface area contributed by atoms with Crippen molar-refractivity contribution in [3.8, 4) is 0 Å². The van der Waals surface area contributed by atoms with E-state index < -0.39 is 11.6 Å². The van der Waals surface area contributed by atoms with Crippen LogP contribution in [0.2, 0.25) is 0 Å². The summed E-state index contributed by atoms with van der Waals surface area (Å²) in [6.07, 6.45) is 6.05. The zero-order valence-corrected chi connectivity index (χ0v) is 11.9. The van der Waals surface area contributed by atoms with Gasteiger partial charge in [-0.2, -0.15) is 0 Å². The van der Waals surface area contributed by atoms with Crippen LogP contribution in [0.1, 0.15) is 47.5 Å². The van der Waals surface area contributed by atoms with Crippen LogP contribution in [0.25, 0.3) is 0 Å². The summed E-state index contributed by atoms with van der Waals surface area (Å²) in [5.41, 5.74) is -0.719. The predicted octanol–water partition coefficient (Wildman–Crippen LogP) is 3.15. The molecular weight excluding hydrogens is 228 g/mol. The van der Waals surface area contributed by atoms with E-state index in [1.54, 1.807) is 6.08 Å². The topological polar surface area (TPSA) is 57.5 Å². The third kappa shape index (κ3) is 3.45. The molecule has 0 bridgehead atoms. The van der Waals surface area contributed by atoms with Gasteiger partial charge in [0.05, 0.1) is 0 Å². The van der Waals surface area contributed by atoms with Gasteiger partial charge in [0.15, 0.2) is 5.60 Å². The first-order chi connectivity index (χ1) is 7.96. The van der Waals surface area contributed by atoms with Gasteiger partial charge in [-0.05, 0) is 23.3 Å². The Morgan fingerprint density at radius 3 is 2.33 bits per heavy atom. The Hall–Kier alpha value is -1.09. The maximum Gasteiger partial charge on any atom is 0.340 e. The van der Waals surface area contributed by atoms with Crippen molar-refractivity contribution in [1.29, 1.82) is 0 Å². The lowest BCUT2D eigenvalue weighted by molar-refractivity contribution is -0.153. The first-order valence-corrected chi connectivity index (χ1v) is 6.31. The Kier molecular flexibility index (Phi) is 3.78. The highest BCUT2D eigenvalue weighted by atomic mass is 16.4. The van der Waals surface area contributed by atoms with Crippen molar-refractivity contribution < 1.29 is 15.0 Å². The fourth-order valence-corrected chi connectivity index (χ4v) is 2.78. The first kappa shape index (κ1) is 15.0. The lowest BCUT2D eigenvalue weighted by Gasteiger charge is -2.38. The number of aliphatic carboxylic acids is 1. The Bertz CT molecular complexity index is 396. The molecule has 18 heavy (non-hydrogen) atoms. The summed E-state index contributed by atoms with van der Waals surface area (Å²) in [7, 11) is 0. The molecule has 1 atom stereocenters. The van der Waals surface area contributed by atoms with Gasteiger partial charge in [-0.1, -0.05) is 52.3 Å². The number of hydrogen-bond acceptors (Lipinski definition) is 2. The number of hydrogen-bond donors (Lipinski definition) is 2. The summed E-state index contributed by atoms with van der Waals surface area (Å²) in [5.74, 6) is -1.18. The van der Waals surface area contributed by atoms with E-state index in [1.807, 2.05) is 6.08 Å². The molecule has 0 radical (unpaired) electrons. The van der Waals surface area contributed by atoms with E-state index in [9.17, 15) is 9.90 Å². The summed E-state index contributed by atoms with van der Waals surface area (Å²) in [4.78, 5) is 11.1. The van der Waals surface area contributed by atoms with Gasteiger partial charge < -0.3 is 10.2 Å². The average Bonchev–Trinajstić information content (AvgIpc) is 2.13. The van der Waals surface area contributed by atoms with Gasteiger partial charge in [0.1, 0.15) is 0 Å². The highest BCUT2D eigenvalue weighted by Crippen LogP contribution is 2.43. The summed E-state index contributed by atoms with van der Waals surface area (Å²) in [5, 5.41) is 19.1. The third-order valence-electron chi connectivity index (χ3n) is 3.34. The summed E-state index contributed by atoms with van der Waals surface area (Å²) in [6, 6.07) is 0. The van der Waals surface area contributed by atoms with E-state index in [0.717, 1.165) is 12.0 Å². The molecule has 0 spiro atoms. The van der Waals surface area contributed by atoms with Gasteiger partial charge >= 0.3 is 5.97 Å². The molecule has 1 unspecified atom stereocenters. The Balaban J connectivity index is 2.95. The van der Waals surface area contributed by atoms with E-state index >= 15 is 0 Å². The molecule has 0 aromatic rings. The van der Waals surface area contributed by atoms with Crippen LogP contribution >= 0.6 is 0 Å². The molecule has 0 aromatic carbocycles. The molecule has 1 aliphatic carbocycles. The van der Waals surface area contributed by atoms with Crippen LogP contribution in [-0.4, -0.2) is 21.8 Å². The smallest absolute Gasteiger partial charge is 0.340 e. The van der Waals surface area contributed by atoms with Crippen molar-refractivity contribution in [2.75, 3.05) is 0 Å². The molecule has 0 saturated carbocycles. The second-order valence-corrected chi connectivity index (χ2v) is 7.08. The van der Waals surface area contributed by atoms with Crippen LogP contribution in [-0.2, 0) is 4.79 Å². The van der Waals surface area contributed by atoms with E-state index in [2.05, 4.69) is 34.6 Å². The molecule has 3 heteroatoms. The number of allylic oxidation sites excluding steroid dienone is 2. The van der Waals surface area contributed by atoms with Gasteiger partial charge in [0.25, 0.3) is 0 Å². The predicted molar refractivity (Wildman–Crippen MR) is 72.3 cm³/mol. The molecule has 0 aliphatic heterocycles. The highest BCUT2D eigenvalue weighted by Gasteiger charge is 2.40. The summed E-state index contributed by atoms with van der Waals surface area (Å²) < 4.78 is 0. The standard InChI is InChI=1S/C15H24O3/c1-13(2,3)10-14(4,5)11-7-6-8-15(18,9-11)12(16)17/h6-8,18H,9-10H2,1-5H3,(H,16,17). The van der Waals surface area contributed by atoms with Crippen LogP contribution in [0.15, 0.2) is 23.8 Å². The van der Waals surface area contributed by atoms with Gasteiger partial charge in [-0.25, -0.2) is 4.79 Å². The fraction of sp³-hybridized carbons (Fsp3) is 0.667. The van der Waals surface area contributed by atoms with Crippen molar-refractivity contribution in [2.24, 2.45) is 10.8 Å². The first-order valence-electron chi connectivity index (χ1n) is 6.31. The number of carboxylic acid groups (broad SMARTS) is 1. The minimum Gasteiger partial charge on any atom is -0.479 e. The zero-order valence-electron chi connectivity index (χ0n) is 11.9. The van der Waals surface area contributed by atoms with Crippen LogP contribution in [0.3, 0.4) is 0 Å². The van der Waals surface area contributed by atoms with Gasteiger partial charge in [0, 0.05) is 6.42 Å². The maximum absolute atomic E-state index is 11.1. The third-order valence-corrected chi connectivity index (χ3v) is 3.34. The molecule has 0 saturated heterocycles. The van der Waals surface area contributed by atoms with E-state index in [0.29, 0.717) is 0 Å². The Labute approximate surface area is 109 Å². The van der Waals surface area contributed by atoms with E-state index in [1.165, 1.54) is 6.08 Å². The van der Waals surface area contributed by atoms with Crippen molar-refractivity contribution in [3.05, 3.63) is 23.8 Å². The van der Waals surface area contributed by atoms with Crippen LogP contribution < -0.4 is 0 Å². The quantitative estimate of drug-likeness (QED) is 0.811. The lowest BCUT2D eigenvalue weighted by Crippen LogP contribution is -2.40.